The standard InChI is InChI=1S/C17H21N3/c1-20(14-8-3-2-4-9-14)17-15(10-7-13-19-17)16-11-5-6-12-18-16/h2-4,7-10,13,16,18H,5-6,11-12H2,1H3/t16-/m0/s1. The molecule has 2 aromatic rings. The van der Waals surface area contributed by atoms with Crippen molar-refractivity contribution in [1.29, 1.82) is 0 Å². The first kappa shape index (κ1) is 13.1. The first-order chi connectivity index (χ1) is 9.86. The van der Waals surface area contributed by atoms with Crippen LogP contribution in [0.1, 0.15) is 30.9 Å². The Kier molecular flexibility index (Phi) is 3.97. The zero-order valence-electron chi connectivity index (χ0n) is 11.9. The van der Waals surface area contributed by atoms with Gasteiger partial charge >= 0.3 is 0 Å². The number of nitrogens with zero attached hydrogens (tertiary/aromatic N) is 2. The fraction of sp³-hybridized carbons (Fsp3) is 0.353. The number of nitrogens with one attached hydrogen (secondary N) is 1. The van der Waals surface area contributed by atoms with Crippen molar-refractivity contribution in [2.45, 2.75) is 25.3 Å². The minimum absolute atomic E-state index is 0.429. The van der Waals surface area contributed by atoms with Crippen LogP contribution in [-0.4, -0.2) is 18.6 Å². The summed E-state index contributed by atoms with van der Waals surface area (Å²) in [6.45, 7) is 1.11. The summed E-state index contributed by atoms with van der Waals surface area (Å²) in [5.41, 5.74) is 2.47. The van der Waals surface area contributed by atoms with Crippen LogP contribution in [0.15, 0.2) is 48.7 Å². The number of para-hydroxylation sites is 1. The second-order valence-electron chi connectivity index (χ2n) is 5.31. The van der Waals surface area contributed by atoms with Gasteiger partial charge in [-0.15, -0.1) is 0 Å². The lowest BCUT2D eigenvalue weighted by Gasteiger charge is -2.28. The van der Waals surface area contributed by atoms with Gasteiger partial charge in [0, 0.05) is 30.5 Å². The van der Waals surface area contributed by atoms with Crippen molar-refractivity contribution in [2.75, 3.05) is 18.5 Å². The monoisotopic (exact) mass is 267 g/mol. The van der Waals surface area contributed by atoms with E-state index >= 15 is 0 Å². The fourth-order valence-corrected chi connectivity index (χ4v) is 2.85. The van der Waals surface area contributed by atoms with Gasteiger partial charge in [0.1, 0.15) is 5.82 Å². The van der Waals surface area contributed by atoms with Crippen LogP contribution >= 0.6 is 0 Å². The molecule has 0 aliphatic carbocycles. The molecule has 0 saturated carbocycles. The molecule has 1 N–H and O–H groups in total. The summed E-state index contributed by atoms with van der Waals surface area (Å²) in [6.07, 6.45) is 5.64. The molecule has 1 aliphatic rings. The van der Waals surface area contributed by atoms with Gasteiger partial charge in [-0.2, -0.15) is 0 Å². The summed E-state index contributed by atoms with van der Waals surface area (Å²) in [4.78, 5) is 6.79. The van der Waals surface area contributed by atoms with Crippen LogP contribution in [0.3, 0.4) is 0 Å². The molecule has 2 heterocycles. The molecule has 1 aliphatic heterocycles. The maximum Gasteiger partial charge on any atom is 0.137 e. The summed E-state index contributed by atoms with van der Waals surface area (Å²) in [7, 11) is 2.09. The van der Waals surface area contributed by atoms with E-state index in [0.717, 1.165) is 12.4 Å². The van der Waals surface area contributed by atoms with E-state index in [1.807, 2.05) is 18.3 Å². The summed E-state index contributed by atoms with van der Waals surface area (Å²) < 4.78 is 0. The van der Waals surface area contributed by atoms with Crippen molar-refractivity contribution < 1.29 is 0 Å². The third-order valence-electron chi connectivity index (χ3n) is 3.96. The van der Waals surface area contributed by atoms with E-state index in [1.165, 1.54) is 30.5 Å². The van der Waals surface area contributed by atoms with Crippen molar-refractivity contribution in [3.63, 3.8) is 0 Å². The number of piperidine rings is 1. The molecule has 104 valence electrons. The highest BCUT2D eigenvalue weighted by atomic mass is 15.2. The molecule has 0 spiro atoms. The molecular weight excluding hydrogens is 246 g/mol. The third-order valence-corrected chi connectivity index (χ3v) is 3.96. The Morgan fingerprint density at radius 3 is 2.70 bits per heavy atom. The lowest BCUT2D eigenvalue weighted by atomic mass is 9.97. The van der Waals surface area contributed by atoms with E-state index in [1.54, 1.807) is 0 Å². The number of rotatable bonds is 3. The molecule has 0 amide bonds. The largest absolute Gasteiger partial charge is 0.329 e. The third kappa shape index (κ3) is 2.68. The molecule has 0 bridgehead atoms. The smallest absolute Gasteiger partial charge is 0.137 e. The molecule has 1 saturated heterocycles. The minimum Gasteiger partial charge on any atom is -0.329 e. The van der Waals surface area contributed by atoms with E-state index in [2.05, 4.69) is 52.6 Å². The Balaban J connectivity index is 1.93. The van der Waals surface area contributed by atoms with Crippen molar-refractivity contribution in [2.24, 2.45) is 0 Å². The SMILES string of the molecule is CN(c1ccccc1)c1ncccc1[C@@H]1CCCCN1. The highest BCUT2D eigenvalue weighted by Gasteiger charge is 2.20. The quantitative estimate of drug-likeness (QED) is 0.919. The molecule has 3 nitrogen and oxygen atoms in total. The van der Waals surface area contributed by atoms with Gasteiger partial charge in [0.25, 0.3) is 0 Å². The van der Waals surface area contributed by atoms with Crippen molar-refractivity contribution >= 4 is 11.5 Å². The average Bonchev–Trinajstić information content (AvgIpc) is 2.56. The lowest BCUT2D eigenvalue weighted by molar-refractivity contribution is 0.412. The highest BCUT2D eigenvalue weighted by molar-refractivity contribution is 5.62. The van der Waals surface area contributed by atoms with Gasteiger partial charge in [0.2, 0.25) is 0 Å². The van der Waals surface area contributed by atoms with Crippen LogP contribution in [0.25, 0.3) is 0 Å². The number of aromatic nitrogens is 1. The number of benzene rings is 1. The average molecular weight is 267 g/mol. The summed E-state index contributed by atoms with van der Waals surface area (Å²) in [5.74, 6) is 1.05. The Bertz CT molecular complexity index is 547. The number of anilines is 2. The molecule has 1 aromatic heterocycles. The molecule has 1 fully saturated rings. The van der Waals surface area contributed by atoms with Gasteiger partial charge < -0.3 is 10.2 Å². The van der Waals surface area contributed by atoms with E-state index in [4.69, 9.17) is 0 Å². The number of pyridine rings is 1. The fourth-order valence-electron chi connectivity index (χ4n) is 2.85. The first-order valence-electron chi connectivity index (χ1n) is 7.33. The topological polar surface area (TPSA) is 28.2 Å². The van der Waals surface area contributed by atoms with Crippen LogP contribution in [-0.2, 0) is 0 Å². The van der Waals surface area contributed by atoms with Gasteiger partial charge in [-0.1, -0.05) is 30.7 Å². The first-order valence-corrected chi connectivity index (χ1v) is 7.33. The Morgan fingerprint density at radius 1 is 1.10 bits per heavy atom. The van der Waals surface area contributed by atoms with Crippen LogP contribution in [0.5, 0.6) is 0 Å². The normalized spacial score (nSPS) is 18.8. The van der Waals surface area contributed by atoms with Gasteiger partial charge in [-0.3, -0.25) is 0 Å². The Labute approximate surface area is 120 Å². The summed E-state index contributed by atoms with van der Waals surface area (Å²) in [5, 5.41) is 3.62. The van der Waals surface area contributed by atoms with Crippen molar-refractivity contribution in [3.8, 4) is 0 Å². The molecule has 20 heavy (non-hydrogen) atoms. The predicted octanol–water partition coefficient (Wildman–Crippen LogP) is 3.66. The second-order valence-corrected chi connectivity index (χ2v) is 5.31. The van der Waals surface area contributed by atoms with Crippen molar-refractivity contribution in [1.82, 2.24) is 10.3 Å². The second kappa shape index (κ2) is 6.06. The zero-order chi connectivity index (χ0) is 13.8. The number of hydrogen-bond donors (Lipinski definition) is 1. The lowest BCUT2D eigenvalue weighted by Crippen LogP contribution is -2.28. The van der Waals surface area contributed by atoms with E-state index in [9.17, 15) is 0 Å². The molecule has 1 aromatic carbocycles. The molecule has 3 rings (SSSR count). The van der Waals surface area contributed by atoms with Crippen LogP contribution in [0.4, 0.5) is 11.5 Å². The Hall–Kier alpha value is -1.87. The van der Waals surface area contributed by atoms with E-state index < -0.39 is 0 Å². The maximum atomic E-state index is 4.62. The summed E-state index contributed by atoms with van der Waals surface area (Å²) in [6, 6.07) is 15.1. The predicted molar refractivity (Wildman–Crippen MR) is 83.3 cm³/mol. The molecular formula is C17H21N3. The Morgan fingerprint density at radius 2 is 1.95 bits per heavy atom. The van der Waals surface area contributed by atoms with Gasteiger partial charge in [-0.25, -0.2) is 4.98 Å². The minimum atomic E-state index is 0.429. The number of hydrogen-bond acceptors (Lipinski definition) is 3. The molecule has 3 heteroatoms. The van der Waals surface area contributed by atoms with E-state index in [-0.39, 0.29) is 0 Å². The zero-order valence-corrected chi connectivity index (χ0v) is 11.9. The van der Waals surface area contributed by atoms with E-state index in [0.29, 0.717) is 6.04 Å². The maximum absolute atomic E-state index is 4.62. The molecule has 0 unspecified atom stereocenters. The van der Waals surface area contributed by atoms with Crippen LogP contribution in [0, 0.1) is 0 Å². The van der Waals surface area contributed by atoms with Crippen molar-refractivity contribution in [3.05, 3.63) is 54.2 Å². The van der Waals surface area contributed by atoms with Crippen LogP contribution in [0.2, 0.25) is 0 Å². The highest BCUT2D eigenvalue weighted by Crippen LogP contribution is 2.32. The van der Waals surface area contributed by atoms with Gasteiger partial charge in [0.05, 0.1) is 0 Å². The molecule has 1 atom stereocenters. The van der Waals surface area contributed by atoms with Crippen LogP contribution < -0.4 is 10.2 Å². The van der Waals surface area contributed by atoms with Gasteiger partial charge in [-0.05, 0) is 37.6 Å². The van der Waals surface area contributed by atoms with Gasteiger partial charge in [0.15, 0.2) is 0 Å². The molecule has 0 radical (unpaired) electrons. The summed E-state index contributed by atoms with van der Waals surface area (Å²) >= 11 is 0.